The van der Waals surface area contributed by atoms with Crippen molar-refractivity contribution >= 4 is 11.8 Å². The van der Waals surface area contributed by atoms with Crippen molar-refractivity contribution in [3.8, 4) is 11.5 Å². The quantitative estimate of drug-likeness (QED) is 0.746. The molecule has 1 heterocycles. The van der Waals surface area contributed by atoms with Crippen LogP contribution in [0.4, 0.5) is 0 Å². The molecule has 1 fully saturated rings. The van der Waals surface area contributed by atoms with E-state index in [1.54, 1.807) is 12.1 Å². The fourth-order valence-corrected chi connectivity index (χ4v) is 1.75. The number of nitrogens with one attached hydrogen (secondary N) is 1. The third-order valence-electron chi connectivity index (χ3n) is 2.50. The lowest BCUT2D eigenvalue weighted by atomic mass is 10.1. The number of benzene rings is 1. The first kappa shape index (κ1) is 11.4. The summed E-state index contributed by atoms with van der Waals surface area (Å²) in [6.45, 7) is 1.82. The van der Waals surface area contributed by atoms with E-state index in [4.69, 9.17) is 4.74 Å². The number of phenolic OH excluding ortho intramolecular Hbond substituents is 1. The number of ether oxygens (including phenoxy) is 1. The van der Waals surface area contributed by atoms with Crippen LogP contribution in [0, 0.1) is 6.92 Å². The Bertz CT molecular complexity index is 449. The zero-order valence-corrected chi connectivity index (χ0v) is 9.40. The molecular weight excluding hydrogens is 222 g/mol. The fraction of sp³-hybridized carbons (Fsp3) is 0.333. The Morgan fingerprint density at radius 2 is 2.12 bits per heavy atom. The average Bonchev–Trinajstić information content (AvgIpc) is 2.21. The number of aryl methyl sites for hydroxylation is 1. The van der Waals surface area contributed by atoms with Gasteiger partial charge in [0.25, 0.3) is 5.91 Å². The van der Waals surface area contributed by atoms with Crippen molar-refractivity contribution in [1.82, 2.24) is 5.32 Å². The van der Waals surface area contributed by atoms with Gasteiger partial charge in [-0.1, -0.05) is 0 Å². The second kappa shape index (κ2) is 4.45. The maximum atomic E-state index is 11.5. The number of hydrogen-bond donors (Lipinski definition) is 2. The van der Waals surface area contributed by atoms with Gasteiger partial charge in [-0.05, 0) is 24.6 Å². The molecule has 0 bridgehead atoms. The monoisotopic (exact) mass is 235 g/mol. The van der Waals surface area contributed by atoms with Crippen LogP contribution in [0.2, 0.25) is 0 Å². The molecular formula is C12H13NO4. The van der Waals surface area contributed by atoms with Crippen LogP contribution < -0.4 is 10.1 Å². The van der Waals surface area contributed by atoms with Gasteiger partial charge in [0.2, 0.25) is 5.91 Å². The Morgan fingerprint density at radius 1 is 1.35 bits per heavy atom. The highest BCUT2D eigenvalue weighted by Crippen LogP contribution is 2.23. The molecule has 5 nitrogen and oxygen atoms in total. The van der Waals surface area contributed by atoms with Gasteiger partial charge in [0.1, 0.15) is 11.5 Å². The lowest BCUT2D eigenvalue weighted by Gasteiger charge is -2.22. The number of amides is 2. The van der Waals surface area contributed by atoms with Crippen molar-refractivity contribution in [3.63, 3.8) is 0 Å². The Labute approximate surface area is 98.4 Å². The van der Waals surface area contributed by atoms with Crippen molar-refractivity contribution in [2.24, 2.45) is 0 Å². The highest BCUT2D eigenvalue weighted by atomic mass is 16.5. The van der Waals surface area contributed by atoms with E-state index in [0.29, 0.717) is 12.2 Å². The van der Waals surface area contributed by atoms with Crippen LogP contribution in [0.1, 0.15) is 18.4 Å². The number of hydrogen-bond acceptors (Lipinski definition) is 4. The predicted octanol–water partition coefficient (Wildman–Crippen LogP) is 0.885. The molecule has 1 aliphatic rings. The first-order chi connectivity index (χ1) is 8.04. The minimum absolute atomic E-state index is 0.0901. The zero-order valence-electron chi connectivity index (χ0n) is 9.40. The Hall–Kier alpha value is -2.04. The molecule has 1 aromatic rings. The number of piperidine rings is 1. The lowest BCUT2D eigenvalue weighted by molar-refractivity contribution is -0.138. The molecule has 2 amide bonds. The minimum atomic E-state index is -0.672. The van der Waals surface area contributed by atoms with E-state index < -0.39 is 12.0 Å². The maximum Gasteiger partial charge on any atom is 0.267 e. The molecule has 2 rings (SSSR count). The topological polar surface area (TPSA) is 75.6 Å². The number of phenols is 1. The number of imide groups is 1. The molecule has 0 radical (unpaired) electrons. The summed E-state index contributed by atoms with van der Waals surface area (Å²) in [6.07, 6.45) is -0.0398. The van der Waals surface area contributed by atoms with E-state index in [1.807, 2.05) is 6.92 Å². The third-order valence-corrected chi connectivity index (χ3v) is 2.50. The van der Waals surface area contributed by atoms with Crippen molar-refractivity contribution in [1.29, 1.82) is 0 Å². The van der Waals surface area contributed by atoms with Crippen LogP contribution in [0.15, 0.2) is 18.2 Å². The largest absolute Gasteiger partial charge is 0.508 e. The number of carbonyl (C=O) groups is 2. The summed E-state index contributed by atoms with van der Waals surface area (Å²) in [5, 5.41) is 11.6. The molecule has 90 valence electrons. The van der Waals surface area contributed by atoms with Crippen LogP contribution in [0.3, 0.4) is 0 Å². The molecule has 1 saturated heterocycles. The molecule has 5 heteroatoms. The van der Waals surface area contributed by atoms with Gasteiger partial charge < -0.3 is 9.84 Å². The predicted molar refractivity (Wildman–Crippen MR) is 59.6 cm³/mol. The normalized spacial score (nSPS) is 19.9. The molecule has 17 heavy (non-hydrogen) atoms. The van der Waals surface area contributed by atoms with Gasteiger partial charge in [0.05, 0.1) is 0 Å². The van der Waals surface area contributed by atoms with Gasteiger partial charge >= 0.3 is 0 Å². The second-order valence-electron chi connectivity index (χ2n) is 4.06. The number of rotatable bonds is 2. The van der Waals surface area contributed by atoms with Crippen LogP contribution in [-0.2, 0) is 9.59 Å². The molecule has 1 unspecified atom stereocenters. The summed E-state index contributed by atoms with van der Waals surface area (Å²) in [6, 6.07) is 4.76. The standard InChI is InChI=1S/C12H13NO4/c1-7-4-8(14)6-9(5-7)17-10-2-3-11(15)13-12(10)16/h4-6,10,14H,2-3H2,1H3,(H,13,15,16). The SMILES string of the molecule is Cc1cc(O)cc(OC2CCC(=O)NC2=O)c1. The lowest BCUT2D eigenvalue weighted by Crippen LogP contribution is -2.46. The van der Waals surface area contributed by atoms with E-state index in [9.17, 15) is 14.7 Å². The van der Waals surface area contributed by atoms with E-state index >= 15 is 0 Å². The molecule has 0 aliphatic carbocycles. The highest BCUT2D eigenvalue weighted by molar-refractivity contribution is 5.99. The van der Waals surface area contributed by atoms with Crippen molar-refractivity contribution in [3.05, 3.63) is 23.8 Å². The van der Waals surface area contributed by atoms with Crippen LogP contribution >= 0.6 is 0 Å². The van der Waals surface area contributed by atoms with Crippen molar-refractivity contribution in [2.75, 3.05) is 0 Å². The minimum Gasteiger partial charge on any atom is -0.508 e. The maximum absolute atomic E-state index is 11.5. The molecule has 0 saturated carbocycles. The van der Waals surface area contributed by atoms with Crippen molar-refractivity contribution in [2.45, 2.75) is 25.9 Å². The highest BCUT2D eigenvalue weighted by Gasteiger charge is 2.28. The summed E-state index contributed by atoms with van der Waals surface area (Å²) < 4.78 is 5.45. The van der Waals surface area contributed by atoms with Gasteiger partial charge in [-0.25, -0.2) is 0 Å². The van der Waals surface area contributed by atoms with Crippen LogP contribution in [-0.4, -0.2) is 23.0 Å². The zero-order chi connectivity index (χ0) is 12.4. The summed E-state index contributed by atoms with van der Waals surface area (Å²) in [5.41, 5.74) is 0.840. The van der Waals surface area contributed by atoms with Gasteiger partial charge in [-0.2, -0.15) is 0 Å². The molecule has 0 aromatic heterocycles. The number of carbonyl (C=O) groups excluding carboxylic acids is 2. The van der Waals surface area contributed by atoms with E-state index in [-0.39, 0.29) is 18.1 Å². The smallest absolute Gasteiger partial charge is 0.267 e. The molecule has 0 spiro atoms. The van der Waals surface area contributed by atoms with Gasteiger partial charge in [-0.15, -0.1) is 0 Å². The summed E-state index contributed by atoms with van der Waals surface area (Å²) in [7, 11) is 0. The molecule has 2 N–H and O–H groups in total. The second-order valence-corrected chi connectivity index (χ2v) is 4.06. The average molecular weight is 235 g/mol. The number of aromatic hydroxyl groups is 1. The summed E-state index contributed by atoms with van der Waals surface area (Å²) in [5.74, 6) is -0.187. The Balaban J connectivity index is 2.10. The van der Waals surface area contributed by atoms with Gasteiger partial charge in [-0.3, -0.25) is 14.9 Å². The summed E-state index contributed by atoms with van der Waals surface area (Å²) >= 11 is 0. The molecule has 1 aromatic carbocycles. The van der Waals surface area contributed by atoms with Gasteiger partial charge in [0.15, 0.2) is 6.10 Å². The first-order valence-electron chi connectivity index (χ1n) is 5.35. The van der Waals surface area contributed by atoms with Crippen LogP contribution in [0.25, 0.3) is 0 Å². The third kappa shape index (κ3) is 2.75. The fourth-order valence-electron chi connectivity index (χ4n) is 1.75. The van der Waals surface area contributed by atoms with Gasteiger partial charge in [0, 0.05) is 18.9 Å². The van der Waals surface area contributed by atoms with Crippen LogP contribution in [0.5, 0.6) is 11.5 Å². The first-order valence-corrected chi connectivity index (χ1v) is 5.35. The van der Waals surface area contributed by atoms with E-state index in [2.05, 4.69) is 5.32 Å². The Kier molecular flexibility index (Phi) is 2.99. The Morgan fingerprint density at radius 3 is 2.76 bits per heavy atom. The molecule has 1 atom stereocenters. The van der Waals surface area contributed by atoms with E-state index in [1.165, 1.54) is 6.07 Å². The van der Waals surface area contributed by atoms with E-state index in [0.717, 1.165) is 5.56 Å². The summed E-state index contributed by atoms with van der Waals surface area (Å²) in [4.78, 5) is 22.4. The molecule has 1 aliphatic heterocycles. The van der Waals surface area contributed by atoms with Crippen molar-refractivity contribution < 1.29 is 19.4 Å².